The van der Waals surface area contributed by atoms with Crippen LogP contribution < -0.4 is 14.8 Å². The molecule has 6 heteroatoms. The quantitative estimate of drug-likeness (QED) is 0.728. The molecule has 0 atom stereocenters. The predicted octanol–water partition coefficient (Wildman–Crippen LogP) is 3.03. The van der Waals surface area contributed by atoms with Crippen LogP contribution in [0.1, 0.15) is 22.8 Å². The van der Waals surface area contributed by atoms with E-state index < -0.39 is 0 Å². The van der Waals surface area contributed by atoms with E-state index >= 15 is 0 Å². The minimum absolute atomic E-state index is 0.0781. The zero-order chi connectivity index (χ0) is 19.4. The third kappa shape index (κ3) is 3.95. The molecule has 1 heterocycles. The first-order chi connectivity index (χ1) is 13.0. The van der Waals surface area contributed by atoms with E-state index in [1.54, 1.807) is 43.1 Å². The molecule has 140 valence electrons. The summed E-state index contributed by atoms with van der Waals surface area (Å²) in [4.78, 5) is 24.2. The van der Waals surface area contributed by atoms with Crippen LogP contribution >= 0.6 is 0 Å². The first-order valence-electron chi connectivity index (χ1n) is 8.64. The summed E-state index contributed by atoms with van der Waals surface area (Å²) in [7, 11) is 3.20. The Morgan fingerprint density at radius 1 is 1.00 bits per heavy atom. The number of carbonyl (C=O) groups is 2. The lowest BCUT2D eigenvalue weighted by molar-refractivity contribution is -0.118. The second kappa shape index (κ2) is 7.95. The van der Waals surface area contributed by atoms with Gasteiger partial charge in [-0.05, 0) is 54.4 Å². The molecule has 0 saturated heterocycles. The van der Waals surface area contributed by atoms with Crippen LogP contribution in [0.25, 0.3) is 10.9 Å². The molecule has 0 aliphatic carbocycles. The summed E-state index contributed by atoms with van der Waals surface area (Å²) in [6, 6.07) is 12.6. The highest BCUT2D eigenvalue weighted by Gasteiger charge is 2.16. The van der Waals surface area contributed by atoms with Gasteiger partial charge in [-0.25, -0.2) is 0 Å². The van der Waals surface area contributed by atoms with Crippen molar-refractivity contribution in [3.05, 3.63) is 59.8 Å². The van der Waals surface area contributed by atoms with Crippen molar-refractivity contribution in [1.29, 1.82) is 0 Å². The number of hydrogen-bond donors (Lipinski definition) is 1. The zero-order valence-corrected chi connectivity index (χ0v) is 15.6. The van der Waals surface area contributed by atoms with Gasteiger partial charge < -0.3 is 14.8 Å². The maximum atomic E-state index is 13.0. The fraction of sp³-hybridized carbons (Fsp3) is 0.238. The number of aromatic nitrogens is 1. The number of hydrogen-bond acceptors (Lipinski definition) is 4. The number of amides is 1. The summed E-state index contributed by atoms with van der Waals surface area (Å²) in [5, 5.41) is 3.72. The van der Waals surface area contributed by atoms with Gasteiger partial charge >= 0.3 is 0 Å². The van der Waals surface area contributed by atoms with E-state index in [1.165, 1.54) is 6.92 Å². The molecule has 1 amide bonds. The normalized spacial score (nSPS) is 10.6. The first kappa shape index (κ1) is 18.5. The summed E-state index contributed by atoms with van der Waals surface area (Å²) in [5.41, 5.74) is 2.34. The number of rotatable bonds is 6. The molecule has 0 unspecified atom stereocenters. The lowest BCUT2D eigenvalue weighted by Gasteiger charge is -2.06. The van der Waals surface area contributed by atoms with Crippen molar-refractivity contribution in [2.75, 3.05) is 20.8 Å². The average Bonchev–Trinajstić information content (AvgIpc) is 3.05. The maximum absolute atomic E-state index is 13.0. The fourth-order valence-corrected chi connectivity index (χ4v) is 3.02. The highest BCUT2D eigenvalue weighted by atomic mass is 16.5. The summed E-state index contributed by atoms with van der Waals surface area (Å²) in [6.45, 7) is 1.99. The van der Waals surface area contributed by atoms with Crippen molar-refractivity contribution < 1.29 is 19.1 Å². The molecule has 0 aliphatic heterocycles. The van der Waals surface area contributed by atoms with Crippen molar-refractivity contribution >= 4 is 22.7 Å². The second-order valence-corrected chi connectivity index (χ2v) is 6.17. The van der Waals surface area contributed by atoms with Crippen LogP contribution in [0, 0.1) is 0 Å². The predicted molar refractivity (Wildman–Crippen MR) is 104 cm³/mol. The Kier molecular flexibility index (Phi) is 5.45. The van der Waals surface area contributed by atoms with Gasteiger partial charge in [-0.3, -0.25) is 14.2 Å². The highest BCUT2D eigenvalue weighted by Crippen LogP contribution is 2.27. The first-order valence-corrected chi connectivity index (χ1v) is 8.64. The zero-order valence-electron chi connectivity index (χ0n) is 15.6. The third-order valence-electron chi connectivity index (χ3n) is 4.42. The van der Waals surface area contributed by atoms with Gasteiger partial charge in [0.25, 0.3) is 5.91 Å². The van der Waals surface area contributed by atoms with E-state index in [2.05, 4.69) is 5.32 Å². The van der Waals surface area contributed by atoms with Crippen LogP contribution in [0.15, 0.2) is 48.7 Å². The molecule has 27 heavy (non-hydrogen) atoms. The van der Waals surface area contributed by atoms with Gasteiger partial charge in [-0.15, -0.1) is 0 Å². The molecular formula is C21H22N2O4. The topological polar surface area (TPSA) is 69.6 Å². The van der Waals surface area contributed by atoms with Crippen molar-refractivity contribution in [2.45, 2.75) is 13.3 Å². The average molecular weight is 366 g/mol. The van der Waals surface area contributed by atoms with Crippen molar-refractivity contribution in [2.24, 2.45) is 0 Å². The van der Waals surface area contributed by atoms with Gasteiger partial charge in [0.05, 0.1) is 19.7 Å². The molecule has 1 aromatic heterocycles. The summed E-state index contributed by atoms with van der Waals surface area (Å²) < 4.78 is 12.1. The molecule has 3 rings (SSSR count). The van der Waals surface area contributed by atoms with E-state index in [0.717, 1.165) is 22.2 Å². The Labute approximate surface area is 157 Å². The number of benzene rings is 2. The molecule has 0 bridgehead atoms. The number of methoxy groups -OCH3 is 2. The van der Waals surface area contributed by atoms with Gasteiger partial charge in [0.1, 0.15) is 11.5 Å². The van der Waals surface area contributed by atoms with Crippen molar-refractivity contribution in [3.8, 4) is 11.5 Å². The summed E-state index contributed by atoms with van der Waals surface area (Å²) in [6.07, 6.45) is 2.45. The van der Waals surface area contributed by atoms with Gasteiger partial charge in [0, 0.05) is 30.6 Å². The molecule has 0 radical (unpaired) electrons. The van der Waals surface area contributed by atoms with Gasteiger partial charge in [-0.1, -0.05) is 0 Å². The maximum Gasteiger partial charge on any atom is 0.262 e. The Morgan fingerprint density at radius 2 is 1.67 bits per heavy atom. The van der Waals surface area contributed by atoms with Crippen LogP contribution in [-0.4, -0.2) is 37.1 Å². The molecule has 6 nitrogen and oxygen atoms in total. The van der Waals surface area contributed by atoms with Gasteiger partial charge in [0.2, 0.25) is 5.91 Å². The lowest BCUT2D eigenvalue weighted by atomic mass is 10.1. The Balaban J connectivity index is 2.00. The van der Waals surface area contributed by atoms with Crippen LogP contribution in [0.5, 0.6) is 11.5 Å². The summed E-state index contributed by atoms with van der Waals surface area (Å²) in [5.74, 6) is 1.21. The van der Waals surface area contributed by atoms with E-state index in [0.29, 0.717) is 24.3 Å². The number of ether oxygens (including phenoxy) is 2. The van der Waals surface area contributed by atoms with Crippen molar-refractivity contribution in [1.82, 2.24) is 9.88 Å². The van der Waals surface area contributed by atoms with Gasteiger partial charge in [0.15, 0.2) is 0 Å². The smallest absolute Gasteiger partial charge is 0.262 e. The van der Waals surface area contributed by atoms with Crippen LogP contribution in [-0.2, 0) is 11.2 Å². The molecule has 0 saturated carbocycles. The number of nitrogens with one attached hydrogen (secondary N) is 1. The molecular weight excluding hydrogens is 344 g/mol. The van der Waals surface area contributed by atoms with E-state index in [-0.39, 0.29) is 11.8 Å². The standard InChI is InChI=1S/C21H22N2O4/c1-14(24)22-11-10-16-13-23(20-9-8-18(27-3)12-19(16)20)21(25)15-4-6-17(26-2)7-5-15/h4-9,12-13H,10-11H2,1-3H3,(H,22,24). The largest absolute Gasteiger partial charge is 0.497 e. The minimum Gasteiger partial charge on any atom is -0.497 e. The fourth-order valence-electron chi connectivity index (χ4n) is 3.02. The molecule has 0 aliphatic rings. The Bertz CT molecular complexity index is 974. The van der Waals surface area contributed by atoms with E-state index in [4.69, 9.17) is 9.47 Å². The van der Waals surface area contributed by atoms with Crippen LogP contribution in [0.2, 0.25) is 0 Å². The molecule has 2 aromatic carbocycles. The van der Waals surface area contributed by atoms with E-state index in [1.807, 2.05) is 24.4 Å². The minimum atomic E-state index is -0.126. The number of fused-ring (bicyclic) bond motifs is 1. The molecule has 0 fully saturated rings. The Morgan fingerprint density at radius 3 is 2.30 bits per heavy atom. The second-order valence-electron chi connectivity index (χ2n) is 6.17. The van der Waals surface area contributed by atoms with Crippen LogP contribution in [0.3, 0.4) is 0 Å². The summed E-state index contributed by atoms with van der Waals surface area (Å²) >= 11 is 0. The van der Waals surface area contributed by atoms with Crippen LogP contribution in [0.4, 0.5) is 0 Å². The molecule has 0 spiro atoms. The van der Waals surface area contributed by atoms with Crippen molar-refractivity contribution in [3.63, 3.8) is 0 Å². The van der Waals surface area contributed by atoms with E-state index in [9.17, 15) is 9.59 Å². The lowest BCUT2D eigenvalue weighted by Crippen LogP contribution is -2.22. The number of carbonyl (C=O) groups excluding carboxylic acids is 2. The molecule has 1 N–H and O–H groups in total. The Hall–Kier alpha value is -3.28. The SMILES string of the molecule is COc1ccc(C(=O)n2cc(CCNC(C)=O)c3cc(OC)ccc32)cc1. The molecule has 3 aromatic rings. The monoisotopic (exact) mass is 366 g/mol. The highest BCUT2D eigenvalue weighted by molar-refractivity contribution is 6.03. The van der Waals surface area contributed by atoms with Gasteiger partial charge in [-0.2, -0.15) is 0 Å². The third-order valence-corrected chi connectivity index (χ3v) is 4.42. The number of nitrogens with zero attached hydrogens (tertiary/aromatic N) is 1.